The molecule has 0 radical (unpaired) electrons. The molecule has 0 bridgehead atoms. The molecule has 1 unspecified atom stereocenters. The second kappa shape index (κ2) is 4.61. The molecule has 15 heavy (non-hydrogen) atoms. The van der Waals surface area contributed by atoms with Gasteiger partial charge in [-0.3, -0.25) is 4.79 Å². The third-order valence-electron chi connectivity index (χ3n) is 2.23. The van der Waals surface area contributed by atoms with Gasteiger partial charge in [-0.15, -0.1) is 0 Å². The van der Waals surface area contributed by atoms with E-state index in [1.165, 1.54) is 0 Å². The van der Waals surface area contributed by atoms with E-state index in [0.717, 1.165) is 10.9 Å². The highest BCUT2D eigenvalue weighted by molar-refractivity contribution is 9.10. The molecule has 1 atom stereocenters. The van der Waals surface area contributed by atoms with Crippen molar-refractivity contribution in [3.63, 3.8) is 0 Å². The van der Waals surface area contributed by atoms with Gasteiger partial charge < -0.3 is 10.1 Å². The van der Waals surface area contributed by atoms with E-state index in [4.69, 9.17) is 4.74 Å². The second-order valence-corrected chi connectivity index (χ2v) is 4.26. The maximum Gasteiger partial charge on any atom is 0.228 e. The molecule has 2 rings (SSSR count). The van der Waals surface area contributed by atoms with Crippen molar-refractivity contribution in [2.75, 3.05) is 6.61 Å². The van der Waals surface area contributed by atoms with E-state index >= 15 is 0 Å². The lowest BCUT2D eigenvalue weighted by Crippen LogP contribution is -2.31. The minimum absolute atomic E-state index is 0.101. The first-order valence-corrected chi connectivity index (χ1v) is 5.57. The van der Waals surface area contributed by atoms with E-state index < -0.39 is 0 Å². The van der Waals surface area contributed by atoms with E-state index in [0.29, 0.717) is 18.9 Å². The Kier molecular flexibility index (Phi) is 3.20. The number of pyridine rings is 1. The Labute approximate surface area is 96.2 Å². The Balaban J connectivity index is 1.88. The van der Waals surface area contributed by atoms with Crippen LogP contribution in [0.4, 0.5) is 0 Å². The monoisotopic (exact) mass is 270 g/mol. The summed E-state index contributed by atoms with van der Waals surface area (Å²) in [5, 5.41) is 2.84. The number of amides is 1. The topological polar surface area (TPSA) is 51.2 Å². The van der Waals surface area contributed by atoms with E-state index in [2.05, 4.69) is 26.2 Å². The minimum atomic E-state index is 0.101. The number of carbonyl (C=O) groups is 1. The third kappa shape index (κ3) is 2.68. The molecule has 0 saturated carbocycles. The highest BCUT2D eigenvalue weighted by Gasteiger charge is 2.21. The van der Waals surface area contributed by atoms with Crippen LogP contribution in [0.1, 0.15) is 12.8 Å². The minimum Gasteiger partial charge on any atom is -0.475 e. The fraction of sp³-hybridized carbons (Fsp3) is 0.400. The standard InChI is InChI=1S/C10H11BrN2O2/c11-8-2-1-5-12-10(8)15-6-7-3-4-9(14)13-7/h1-2,5,7H,3-4,6H2,(H,13,14). The summed E-state index contributed by atoms with van der Waals surface area (Å²) in [6.07, 6.45) is 3.11. The van der Waals surface area contributed by atoms with E-state index in [1.807, 2.05) is 12.1 Å². The molecule has 2 heterocycles. The smallest absolute Gasteiger partial charge is 0.228 e. The van der Waals surface area contributed by atoms with Crippen molar-refractivity contribution in [2.24, 2.45) is 0 Å². The molecule has 0 aromatic carbocycles. The van der Waals surface area contributed by atoms with Crippen LogP contribution in [0.3, 0.4) is 0 Å². The molecule has 1 aromatic rings. The first kappa shape index (κ1) is 10.4. The van der Waals surface area contributed by atoms with Crippen LogP contribution in [0.15, 0.2) is 22.8 Å². The molecular formula is C10H11BrN2O2. The van der Waals surface area contributed by atoms with Gasteiger partial charge in [0.1, 0.15) is 6.61 Å². The molecule has 4 nitrogen and oxygen atoms in total. The third-order valence-corrected chi connectivity index (χ3v) is 2.83. The number of nitrogens with one attached hydrogen (secondary N) is 1. The van der Waals surface area contributed by atoms with Gasteiger partial charge in [0, 0.05) is 12.6 Å². The Morgan fingerprint density at radius 2 is 2.53 bits per heavy atom. The first-order valence-electron chi connectivity index (χ1n) is 4.78. The summed E-state index contributed by atoms with van der Waals surface area (Å²) in [5.41, 5.74) is 0. The van der Waals surface area contributed by atoms with Gasteiger partial charge >= 0.3 is 0 Å². The van der Waals surface area contributed by atoms with Crippen molar-refractivity contribution in [3.8, 4) is 5.88 Å². The molecule has 0 spiro atoms. The van der Waals surface area contributed by atoms with Gasteiger partial charge in [-0.05, 0) is 34.5 Å². The van der Waals surface area contributed by atoms with Crippen LogP contribution in [0.5, 0.6) is 5.88 Å². The molecule has 1 aliphatic rings. The van der Waals surface area contributed by atoms with Crippen LogP contribution in [0.25, 0.3) is 0 Å². The van der Waals surface area contributed by atoms with Crippen LogP contribution in [-0.4, -0.2) is 23.5 Å². The predicted octanol–water partition coefficient (Wildman–Crippen LogP) is 1.50. The van der Waals surface area contributed by atoms with Crippen molar-refractivity contribution in [1.82, 2.24) is 10.3 Å². The van der Waals surface area contributed by atoms with Crippen LogP contribution in [-0.2, 0) is 4.79 Å². The summed E-state index contributed by atoms with van der Waals surface area (Å²) < 4.78 is 6.32. The lowest BCUT2D eigenvalue weighted by Gasteiger charge is -2.11. The van der Waals surface area contributed by atoms with Gasteiger partial charge in [-0.1, -0.05) is 0 Å². The predicted molar refractivity (Wildman–Crippen MR) is 58.6 cm³/mol. The zero-order chi connectivity index (χ0) is 10.7. The zero-order valence-electron chi connectivity index (χ0n) is 8.07. The van der Waals surface area contributed by atoms with Crippen molar-refractivity contribution in [3.05, 3.63) is 22.8 Å². The lowest BCUT2D eigenvalue weighted by molar-refractivity contribution is -0.119. The number of rotatable bonds is 3. The molecule has 0 aliphatic carbocycles. The quantitative estimate of drug-likeness (QED) is 0.906. The Morgan fingerprint density at radius 3 is 3.20 bits per heavy atom. The average Bonchev–Trinajstić information content (AvgIpc) is 2.63. The van der Waals surface area contributed by atoms with Gasteiger partial charge in [0.25, 0.3) is 0 Å². The molecule has 1 saturated heterocycles. The molecule has 1 aromatic heterocycles. The van der Waals surface area contributed by atoms with E-state index in [-0.39, 0.29) is 11.9 Å². The van der Waals surface area contributed by atoms with Crippen LogP contribution >= 0.6 is 15.9 Å². The molecule has 1 fully saturated rings. The summed E-state index contributed by atoms with van der Waals surface area (Å²) >= 11 is 3.34. The van der Waals surface area contributed by atoms with Gasteiger partial charge in [0.15, 0.2) is 0 Å². The van der Waals surface area contributed by atoms with Crippen LogP contribution < -0.4 is 10.1 Å². The van der Waals surface area contributed by atoms with E-state index in [9.17, 15) is 4.79 Å². The van der Waals surface area contributed by atoms with Crippen molar-refractivity contribution in [1.29, 1.82) is 0 Å². The molecular weight excluding hydrogens is 260 g/mol. The van der Waals surface area contributed by atoms with Crippen molar-refractivity contribution < 1.29 is 9.53 Å². The molecule has 80 valence electrons. The number of ether oxygens (including phenoxy) is 1. The zero-order valence-corrected chi connectivity index (χ0v) is 9.66. The molecule has 5 heteroatoms. The fourth-order valence-electron chi connectivity index (χ4n) is 1.46. The normalized spacial score (nSPS) is 20.1. The largest absolute Gasteiger partial charge is 0.475 e. The maximum atomic E-state index is 10.9. The molecule has 1 amide bonds. The highest BCUT2D eigenvalue weighted by Crippen LogP contribution is 2.21. The van der Waals surface area contributed by atoms with Gasteiger partial charge in [-0.25, -0.2) is 4.98 Å². The van der Waals surface area contributed by atoms with Crippen molar-refractivity contribution in [2.45, 2.75) is 18.9 Å². The molecule has 1 aliphatic heterocycles. The maximum absolute atomic E-state index is 10.9. The Morgan fingerprint density at radius 1 is 1.67 bits per heavy atom. The summed E-state index contributed by atoms with van der Waals surface area (Å²) in [7, 11) is 0. The number of aromatic nitrogens is 1. The molecule has 1 N–H and O–H groups in total. The van der Waals surface area contributed by atoms with Gasteiger partial charge in [0.2, 0.25) is 11.8 Å². The summed E-state index contributed by atoms with van der Waals surface area (Å²) in [6.45, 7) is 0.474. The first-order chi connectivity index (χ1) is 7.25. The fourth-order valence-corrected chi connectivity index (χ4v) is 1.83. The summed E-state index contributed by atoms with van der Waals surface area (Å²) in [4.78, 5) is 15.0. The Hall–Kier alpha value is -1.10. The second-order valence-electron chi connectivity index (χ2n) is 3.40. The lowest BCUT2D eigenvalue weighted by atomic mass is 10.2. The van der Waals surface area contributed by atoms with Crippen LogP contribution in [0.2, 0.25) is 0 Å². The van der Waals surface area contributed by atoms with E-state index in [1.54, 1.807) is 6.20 Å². The number of nitrogens with zero attached hydrogens (tertiary/aromatic N) is 1. The number of hydrogen-bond acceptors (Lipinski definition) is 3. The Bertz CT molecular complexity index is 370. The SMILES string of the molecule is O=C1CCC(COc2ncccc2Br)N1. The number of halogens is 1. The number of carbonyl (C=O) groups excluding carboxylic acids is 1. The van der Waals surface area contributed by atoms with Gasteiger partial charge in [-0.2, -0.15) is 0 Å². The summed E-state index contributed by atoms with van der Waals surface area (Å²) in [6, 6.07) is 3.82. The highest BCUT2D eigenvalue weighted by atomic mass is 79.9. The van der Waals surface area contributed by atoms with Crippen LogP contribution in [0, 0.1) is 0 Å². The summed E-state index contributed by atoms with van der Waals surface area (Å²) in [5.74, 6) is 0.669. The van der Waals surface area contributed by atoms with Gasteiger partial charge in [0.05, 0.1) is 10.5 Å². The number of hydrogen-bond donors (Lipinski definition) is 1. The average molecular weight is 271 g/mol. The van der Waals surface area contributed by atoms with Crippen molar-refractivity contribution >= 4 is 21.8 Å².